The van der Waals surface area contributed by atoms with Gasteiger partial charge in [0.1, 0.15) is 0 Å². The van der Waals surface area contributed by atoms with E-state index < -0.39 is 0 Å². The first kappa shape index (κ1) is 11.3. The third-order valence-electron chi connectivity index (χ3n) is 2.25. The molecule has 0 spiro atoms. The van der Waals surface area contributed by atoms with Gasteiger partial charge >= 0.3 is 0 Å². The molecule has 0 unspecified atom stereocenters. The molecule has 0 atom stereocenters. The maximum atomic E-state index is 11.7. The van der Waals surface area contributed by atoms with Crippen LogP contribution in [0.3, 0.4) is 0 Å². The zero-order valence-electron chi connectivity index (χ0n) is 8.92. The Morgan fingerprint density at radius 2 is 2.33 bits per heavy atom. The van der Waals surface area contributed by atoms with Crippen LogP contribution in [-0.4, -0.2) is 12.5 Å². The molecule has 3 N–H and O–H groups in total. The van der Waals surface area contributed by atoms with Crippen LogP contribution in [0.1, 0.15) is 22.3 Å². The van der Waals surface area contributed by atoms with E-state index in [1.807, 2.05) is 6.92 Å². The lowest BCUT2D eigenvalue weighted by Crippen LogP contribution is -2.25. The van der Waals surface area contributed by atoms with Crippen LogP contribution in [0.15, 0.2) is 30.9 Å². The van der Waals surface area contributed by atoms with Crippen LogP contribution in [0.5, 0.6) is 0 Å². The molecule has 0 aliphatic carbocycles. The van der Waals surface area contributed by atoms with Gasteiger partial charge in [0.05, 0.1) is 0 Å². The second kappa shape index (κ2) is 5.20. The van der Waals surface area contributed by atoms with Crippen LogP contribution in [0.25, 0.3) is 0 Å². The van der Waals surface area contributed by atoms with Gasteiger partial charge < -0.3 is 11.1 Å². The highest BCUT2D eigenvalue weighted by Gasteiger charge is 2.08. The molecule has 1 aromatic carbocycles. The summed E-state index contributed by atoms with van der Waals surface area (Å²) in [6, 6.07) is 5.34. The summed E-state index contributed by atoms with van der Waals surface area (Å²) in [6.07, 6.45) is 2.54. The number of hydrogen-bond acceptors (Lipinski definition) is 2. The van der Waals surface area contributed by atoms with Crippen molar-refractivity contribution in [1.29, 1.82) is 0 Å². The fourth-order valence-corrected chi connectivity index (χ4v) is 1.28. The van der Waals surface area contributed by atoms with Crippen molar-refractivity contribution in [3.63, 3.8) is 0 Å². The molecule has 0 radical (unpaired) electrons. The first-order valence-corrected chi connectivity index (χ1v) is 4.91. The molecule has 1 amide bonds. The normalized spacial score (nSPS) is 9.67. The van der Waals surface area contributed by atoms with Crippen molar-refractivity contribution in [2.45, 2.75) is 13.3 Å². The van der Waals surface area contributed by atoms with Crippen LogP contribution < -0.4 is 11.1 Å². The predicted molar refractivity (Wildman–Crippen MR) is 62.7 cm³/mol. The fraction of sp³-hybridized carbons (Fsp3) is 0.250. The molecule has 0 aliphatic heterocycles. The molecule has 15 heavy (non-hydrogen) atoms. The van der Waals surface area contributed by atoms with Crippen molar-refractivity contribution in [3.8, 4) is 0 Å². The summed E-state index contributed by atoms with van der Waals surface area (Å²) in [5, 5.41) is 2.80. The molecule has 0 saturated carbocycles. The Kier molecular flexibility index (Phi) is 3.92. The number of nitrogens with one attached hydrogen (secondary N) is 1. The maximum absolute atomic E-state index is 11.7. The molecule has 0 heterocycles. The number of benzene rings is 1. The molecule has 0 fully saturated rings. The van der Waals surface area contributed by atoms with E-state index in [4.69, 9.17) is 5.73 Å². The van der Waals surface area contributed by atoms with Crippen LogP contribution >= 0.6 is 0 Å². The molecule has 3 nitrogen and oxygen atoms in total. The third kappa shape index (κ3) is 2.84. The van der Waals surface area contributed by atoms with Gasteiger partial charge in [0.2, 0.25) is 0 Å². The minimum Gasteiger partial charge on any atom is -0.398 e. The summed E-state index contributed by atoms with van der Waals surface area (Å²) in [5.41, 5.74) is 7.83. The zero-order chi connectivity index (χ0) is 11.3. The molecule has 0 bridgehead atoms. The standard InChI is InChI=1S/C12H16N2O/c1-3-4-8-14-12(15)10-6-5-7-11(13)9(10)2/h3,5-7H,1,4,8,13H2,2H3,(H,14,15). The Bertz CT molecular complexity index is 372. The van der Waals surface area contributed by atoms with E-state index in [1.165, 1.54) is 0 Å². The van der Waals surface area contributed by atoms with Gasteiger partial charge in [-0.2, -0.15) is 0 Å². The quantitative estimate of drug-likeness (QED) is 0.447. The molecule has 80 valence electrons. The van der Waals surface area contributed by atoms with E-state index in [0.29, 0.717) is 17.8 Å². The van der Waals surface area contributed by atoms with Gasteiger partial charge in [-0.1, -0.05) is 12.1 Å². The Morgan fingerprint density at radius 3 is 3.00 bits per heavy atom. The topological polar surface area (TPSA) is 55.1 Å². The van der Waals surface area contributed by atoms with Gasteiger partial charge in [0, 0.05) is 17.8 Å². The van der Waals surface area contributed by atoms with Crippen LogP contribution in [-0.2, 0) is 0 Å². The molecule has 1 rings (SSSR count). The summed E-state index contributed by atoms with van der Waals surface area (Å²) < 4.78 is 0. The lowest BCUT2D eigenvalue weighted by atomic mass is 10.1. The number of nitrogens with two attached hydrogens (primary N) is 1. The largest absolute Gasteiger partial charge is 0.398 e. The number of anilines is 1. The second-order valence-corrected chi connectivity index (χ2v) is 3.35. The smallest absolute Gasteiger partial charge is 0.251 e. The lowest BCUT2D eigenvalue weighted by Gasteiger charge is -2.08. The Hall–Kier alpha value is -1.77. The number of carbonyl (C=O) groups excluding carboxylic acids is 1. The van der Waals surface area contributed by atoms with Gasteiger partial charge in [-0.15, -0.1) is 6.58 Å². The number of hydrogen-bond donors (Lipinski definition) is 2. The molecule has 0 saturated heterocycles. The van der Waals surface area contributed by atoms with Crippen molar-refractivity contribution < 1.29 is 4.79 Å². The van der Waals surface area contributed by atoms with E-state index in [2.05, 4.69) is 11.9 Å². The van der Waals surface area contributed by atoms with Crippen molar-refractivity contribution in [2.24, 2.45) is 0 Å². The van der Waals surface area contributed by atoms with Gasteiger partial charge in [-0.05, 0) is 31.0 Å². The third-order valence-corrected chi connectivity index (χ3v) is 2.25. The van der Waals surface area contributed by atoms with Crippen molar-refractivity contribution >= 4 is 11.6 Å². The molecule has 0 aliphatic rings. The predicted octanol–water partition coefficient (Wildman–Crippen LogP) is 1.88. The van der Waals surface area contributed by atoms with E-state index in [-0.39, 0.29) is 5.91 Å². The SMILES string of the molecule is C=CCCNC(=O)c1cccc(N)c1C. The Balaban J connectivity index is 2.73. The zero-order valence-corrected chi connectivity index (χ0v) is 8.92. The van der Waals surface area contributed by atoms with Crippen LogP contribution in [0.2, 0.25) is 0 Å². The highest BCUT2D eigenvalue weighted by atomic mass is 16.1. The van der Waals surface area contributed by atoms with Gasteiger partial charge in [-0.3, -0.25) is 4.79 Å². The summed E-state index contributed by atoms with van der Waals surface area (Å²) in [7, 11) is 0. The van der Waals surface area contributed by atoms with Crippen molar-refractivity contribution in [1.82, 2.24) is 5.32 Å². The maximum Gasteiger partial charge on any atom is 0.251 e. The Morgan fingerprint density at radius 1 is 1.60 bits per heavy atom. The number of nitrogen functional groups attached to an aromatic ring is 1. The number of amides is 1. The summed E-state index contributed by atoms with van der Waals surface area (Å²) in [4.78, 5) is 11.7. The highest BCUT2D eigenvalue weighted by molar-refractivity contribution is 5.96. The monoisotopic (exact) mass is 204 g/mol. The number of rotatable bonds is 4. The van der Waals surface area contributed by atoms with Crippen LogP contribution in [0.4, 0.5) is 5.69 Å². The average Bonchev–Trinajstić information content (AvgIpc) is 2.22. The van der Waals surface area contributed by atoms with E-state index in [1.54, 1.807) is 24.3 Å². The van der Waals surface area contributed by atoms with E-state index in [0.717, 1.165) is 12.0 Å². The Labute approximate surface area is 90.0 Å². The van der Waals surface area contributed by atoms with E-state index in [9.17, 15) is 4.79 Å². The lowest BCUT2D eigenvalue weighted by molar-refractivity contribution is 0.0954. The number of carbonyl (C=O) groups is 1. The fourth-order valence-electron chi connectivity index (χ4n) is 1.28. The first-order valence-electron chi connectivity index (χ1n) is 4.91. The summed E-state index contributed by atoms with van der Waals surface area (Å²) in [6.45, 7) is 6.04. The molecule has 3 heteroatoms. The minimum absolute atomic E-state index is 0.0818. The minimum atomic E-state index is -0.0818. The highest BCUT2D eigenvalue weighted by Crippen LogP contribution is 2.14. The van der Waals surface area contributed by atoms with Crippen molar-refractivity contribution in [2.75, 3.05) is 12.3 Å². The summed E-state index contributed by atoms with van der Waals surface area (Å²) >= 11 is 0. The molecular formula is C12H16N2O. The molecular weight excluding hydrogens is 188 g/mol. The van der Waals surface area contributed by atoms with Gasteiger partial charge in [0.15, 0.2) is 0 Å². The second-order valence-electron chi connectivity index (χ2n) is 3.35. The average molecular weight is 204 g/mol. The van der Waals surface area contributed by atoms with Crippen LogP contribution in [0, 0.1) is 6.92 Å². The van der Waals surface area contributed by atoms with Gasteiger partial charge in [-0.25, -0.2) is 0 Å². The summed E-state index contributed by atoms with van der Waals surface area (Å²) in [5.74, 6) is -0.0818. The van der Waals surface area contributed by atoms with Gasteiger partial charge in [0.25, 0.3) is 5.91 Å². The van der Waals surface area contributed by atoms with E-state index >= 15 is 0 Å². The molecule has 0 aromatic heterocycles. The molecule has 1 aromatic rings. The van der Waals surface area contributed by atoms with Crippen molar-refractivity contribution in [3.05, 3.63) is 42.0 Å². The first-order chi connectivity index (χ1) is 7.16.